The van der Waals surface area contributed by atoms with Crippen LogP contribution in [0.2, 0.25) is 0 Å². The van der Waals surface area contributed by atoms with Crippen LogP contribution in [-0.2, 0) is 24.0 Å². The Hall–Kier alpha value is -2.69. The van der Waals surface area contributed by atoms with Gasteiger partial charge in [0, 0.05) is 6.54 Å². The summed E-state index contributed by atoms with van der Waals surface area (Å²) in [6.45, 7) is 3.20. The molecule has 3 atom stereocenters. The van der Waals surface area contributed by atoms with Crippen LogP contribution in [0.3, 0.4) is 0 Å². The summed E-state index contributed by atoms with van der Waals surface area (Å²) in [5.74, 6) is -4.75. The molecule has 6 N–H and O–H groups in total. The summed E-state index contributed by atoms with van der Waals surface area (Å²) < 4.78 is 0. The Kier molecular flexibility index (Phi) is 8.16. The zero-order valence-corrected chi connectivity index (χ0v) is 15.3. The maximum Gasteiger partial charge on any atom is 0.322 e. The fourth-order valence-corrected chi connectivity index (χ4v) is 2.72. The van der Waals surface area contributed by atoms with Crippen molar-refractivity contribution in [3.8, 4) is 0 Å². The maximum absolute atomic E-state index is 12.6. The smallest absolute Gasteiger partial charge is 0.322 e. The first-order valence-electron chi connectivity index (χ1n) is 8.62. The molecule has 1 saturated heterocycles. The topological polar surface area (TPSA) is 179 Å². The van der Waals surface area contributed by atoms with E-state index in [1.54, 1.807) is 13.8 Å². The van der Waals surface area contributed by atoms with Gasteiger partial charge >= 0.3 is 11.9 Å². The number of rotatable bonds is 9. The van der Waals surface area contributed by atoms with Gasteiger partial charge in [-0.25, -0.2) is 0 Å². The lowest BCUT2D eigenvalue weighted by atomic mass is 10.0. The zero-order valence-electron chi connectivity index (χ0n) is 15.3. The van der Waals surface area contributed by atoms with Crippen LogP contribution in [0.25, 0.3) is 0 Å². The Labute approximate surface area is 156 Å². The SMILES string of the molecule is CC(C)C(N)C(=O)N1CCCC1C(=O)NC(CC(=O)O)C(=O)NCC(=O)O. The summed E-state index contributed by atoms with van der Waals surface area (Å²) in [6.07, 6.45) is 0.214. The molecule has 1 aliphatic heterocycles. The number of carbonyl (C=O) groups excluding carboxylic acids is 3. The molecule has 1 fully saturated rings. The minimum Gasteiger partial charge on any atom is -0.481 e. The van der Waals surface area contributed by atoms with Gasteiger partial charge in [-0.05, 0) is 18.8 Å². The summed E-state index contributed by atoms with van der Waals surface area (Å²) in [6, 6.07) is -3.08. The Morgan fingerprint density at radius 3 is 2.30 bits per heavy atom. The first-order valence-corrected chi connectivity index (χ1v) is 8.62. The zero-order chi connectivity index (χ0) is 20.7. The van der Waals surface area contributed by atoms with Gasteiger partial charge in [0.2, 0.25) is 17.7 Å². The van der Waals surface area contributed by atoms with E-state index in [0.29, 0.717) is 19.4 Å². The van der Waals surface area contributed by atoms with Crippen LogP contribution in [0.5, 0.6) is 0 Å². The second kappa shape index (κ2) is 9.86. The number of likely N-dealkylation sites (tertiary alicyclic amines) is 1. The highest BCUT2D eigenvalue weighted by molar-refractivity contribution is 5.95. The fraction of sp³-hybridized carbons (Fsp3) is 0.688. The molecule has 11 nitrogen and oxygen atoms in total. The summed E-state index contributed by atoms with van der Waals surface area (Å²) >= 11 is 0. The second-order valence-corrected chi connectivity index (χ2v) is 6.73. The highest BCUT2D eigenvalue weighted by Crippen LogP contribution is 2.20. The Bertz CT molecular complexity index is 608. The predicted octanol–water partition coefficient (Wildman–Crippen LogP) is -1.88. The average Bonchev–Trinajstić information content (AvgIpc) is 3.06. The van der Waals surface area contributed by atoms with Gasteiger partial charge in [-0.2, -0.15) is 0 Å². The molecule has 11 heteroatoms. The molecule has 0 aromatic heterocycles. The van der Waals surface area contributed by atoms with E-state index in [9.17, 15) is 24.0 Å². The van der Waals surface area contributed by atoms with E-state index in [0.717, 1.165) is 0 Å². The number of nitrogens with two attached hydrogens (primary N) is 1. The van der Waals surface area contributed by atoms with Crippen LogP contribution in [0.1, 0.15) is 33.1 Å². The van der Waals surface area contributed by atoms with Gasteiger partial charge in [0.05, 0.1) is 12.5 Å². The lowest BCUT2D eigenvalue weighted by Gasteiger charge is -2.29. The Morgan fingerprint density at radius 2 is 1.78 bits per heavy atom. The van der Waals surface area contributed by atoms with Gasteiger partial charge < -0.3 is 31.5 Å². The molecule has 0 aromatic carbocycles. The van der Waals surface area contributed by atoms with Gasteiger partial charge in [0.15, 0.2) is 0 Å². The molecule has 3 unspecified atom stereocenters. The van der Waals surface area contributed by atoms with Crippen LogP contribution in [-0.4, -0.2) is 76.0 Å². The van der Waals surface area contributed by atoms with Crippen molar-refractivity contribution in [3.63, 3.8) is 0 Å². The van der Waals surface area contributed by atoms with E-state index >= 15 is 0 Å². The van der Waals surface area contributed by atoms with Crippen LogP contribution < -0.4 is 16.4 Å². The number of carboxylic acids is 2. The van der Waals surface area contributed by atoms with Crippen molar-refractivity contribution in [1.29, 1.82) is 0 Å². The average molecular weight is 386 g/mol. The van der Waals surface area contributed by atoms with E-state index in [-0.39, 0.29) is 11.8 Å². The van der Waals surface area contributed by atoms with Crippen LogP contribution in [0, 0.1) is 5.92 Å². The molecule has 0 spiro atoms. The summed E-state index contributed by atoms with van der Waals surface area (Å²) in [5.41, 5.74) is 5.87. The number of amides is 3. The lowest BCUT2D eigenvalue weighted by molar-refractivity contribution is -0.143. The standard InChI is InChI=1S/C16H26N4O7/c1-8(2)13(17)16(27)20-5-3-4-10(20)15(26)19-9(6-11(21)22)14(25)18-7-12(23)24/h8-10,13H,3-7,17H2,1-2H3,(H,18,25)(H,19,26)(H,21,22)(H,23,24). The first-order chi connectivity index (χ1) is 12.5. The quantitative estimate of drug-likeness (QED) is 0.305. The lowest BCUT2D eigenvalue weighted by Crippen LogP contribution is -2.56. The number of nitrogens with one attached hydrogen (secondary N) is 2. The Balaban J connectivity index is 2.83. The first kappa shape index (κ1) is 22.4. The summed E-state index contributed by atoms with van der Waals surface area (Å²) in [5, 5.41) is 21.9. The van der Waals surface area contributed by atoms with Gasteiger partial charge in [0.25, 0.3) is 0 Å². The van der Waals surface area contributed by atoms with Crippen molar-refractivity contribution in [3.05, 3.63) is 0 Å². The van der Waals surface area contributed by atoms with Crippen molar-refractivity contribution in [2.24, 2.45) is 11.7 Å². The third kappa shape index (κ3) is 6.51. The molecule has 0 bridgehead atoms. The Morgan fingerprint density at radius 1 is 1.15 bits per heavy atom. The number of carboxylic acid groups (broad SMARTS) is 2. The second-order valence-electron chi connectivity index (χ2n) is 6.73. The van der Waals surface area contributed by atoms with Crippen molar-refractivity contribution in [2.75, 3.05) is 13.1 Å². The molecule has 0 saturated carbocycles. The van der Waals surface area contributed by atoms with E-state index in [4.69, 9.17) is 15.9 Å². The third-order valence-corrected chi connectivity index (χ3v) is 4.27. The van der Waals surface area contributed by atoms with Gasteiger partial charge in [0.1, 0.15) is 18.6 Å². The molecule has 0 aliphatic carbocycles. The van der Waals surface area contributed by atoms with Gasteiger partial charge in [-0.15, -0.1) is 0 Å². The number of nitrogens with zero attached hydrogens (tertiary/aromatic N) is 1. The monoisotopic (exact) mass is 386 g/mol. The van der Waals surface area contributed by atoms with Crippen molar-refractivity contribution in [1.82, 2.24) is 15.5 Å². The summed E-state index contributed by atoms with van der Waals surface area (Å²) in [7, 11) is 0. The summed E-state index contributed by atoms with van der Waals surface area (Å²) in [4.78, 5) is 59.8. The predicted molar refractivity (Wildman–Crippen MR) is 92.4 cm³/mol. The molecule has 1 heterocycles. The van der Waals surface area contributed by atoms with Crippen molar-refractivity contribution < 1.29 is 34.2 Å². The van der Waals surface area contributed by atoms with Crippen LogP contribution in [0.15, 0.2) is 0 Å². The van der Waals surface area contributed by atoms with Crippen molar-refractivity contribution >= 4 is 29.7 Å². The number of hydrogen-bond donors (Lipinski definition) is 5. The molecule has 27 heavy (non-hydrogen) atoms. The van der Waals surface area contributed by atoms with E-state index in [1.165, 1.54) is 4.90 Å². The van der Waals surface area contributed by atoms with Crippen molar-refractivity contribution in [2.45, 2.75) is 51.2 Å². The largest absolute Gasteiger partial charge is 0.481 e. The number of aliphatic carboxylic acids is 2. The minimum atomic E-state index is -1.45. The van der Waals surface area contributed by atoms with Gasteiger partial charge in [-0.1, -0.05) is 13.8 Å². The van der Waals surface area contributed by atoms with Crippen LogP contribution >= 0.6 is 0 Å². The number of hydrogen-bond acceptors (Lipinski definition) is 6. The normalized spacial score (nSPS) is 18.7. The molecule has 152 valence electrons. The minimum absolute atomic E-state index is 0.122. The molecule has 0 aromatic rings. The number of carbonyl (C=O) groups is 5. The van der Waals surface area contributed by atoms with Gasteiger partial charge in [-0.3, -0.25) is 24.0 Å². The molecule has 1 aliphatic rings. The molecule has 3 amide bonds. The molecule has 0 radical (unpaired) electrons. The highest BCUT2D eigenvalue weighted by Gasteiger charge is 2.38. The maximum atomic E-state index is 12.6. The third-order valence-electron chi connectivity index (χ3n) is 4.27. The van der Waals surface area contributed by atoms with E-state index in [1.807, 2.05) is 5.32 Å². The molecular formula is C16H26N4O7. The molecular weight excluding hydrogens is 360 g/mol. The van der Waals surface area contributed by atoms with Crippen LogP contribution in [0.4, 0.5) is 0 Å². The molecule has 1 rings (SSSR count). The van der Waals surface area contributed by atoms with E-state index < -0.39 is 54.8 Å². The highest BCUT2D eigenvalue weighted by atomic mass is 16.4. The van der Waals surface area contributed by atoms with E-state index in [2.05, 4.69) is 5.32 Å². The fourth-order valence-electron chi connectivity index (χ4n) is 2.72.